The summed E-state index contributed by atoms with van der Waals surface area (Å²) in [4.78, 5) is 0. The molecule has 0 spiro atoms. The summed E-state index contributed by atoms with van der Waals surface area (Å²) in [5.74, 6) is -1.74. The van der Waals surface area contributed by atoms with E-state index in [4.69, 9.17) is 10.2 Å². The maximum atomic E-state index is 9.13. The van der Waals surface area contributed by atoms with Crippen LogP contribution in [-0.4, -0.2) is 16.0 Å². The quantitative estimate of drug-likeness (QED) is 0.678. The zero-order chi connectivity index (χ0) is 9.90. The average Bonchev–Trinajstić information content (AvgIpc) is 2.03. The van der Waals surface area contributed by atoms with Crippen LogP contribution < -0.4 is 0 Å². The highest BCUT2D eigenvalue weighted by atomic mass is 16.5. The van der Waals surface area contributed by atoms with E-state index >= 15 is 0 Å². The first-order chi connectivity index (χ1) is 5.99. The van der Waals surface area contributed by atoms with Crippen molar-refractivity contribution in [1.29, 1.82) is 0 Å². The Kier molecular flexibility index (Phi) is 2.86. The van der Waals surface area contributed by atoms with Gasteiger partial charge in [-0.3, -0.25) is 0 Å². The molecular formula is C11H14O2. The van der Waals surface area contributed by atoms with Crippen LogP contribution in [-0.2, 0) is 0 Å². The average molecular weight is 178 g/mol. The molecule has 0 fully saturated rings. The Morgan fingerprint density at radius 1 is 1.23 bits per heavy atom. The fourth-order valence-corrected chi connectivity index (χ4v) is 1.19. The van der Waals surface area contributed by atoms with E-state index in [1.165, 1.54) is 13.0 Å². The molecule has 1 aromatic carbocycles. The van der Waals surface area contributed by atoms with Crippen LogP contribution >= 0.6 is 0 Å². The molecule has 70 valence electrons. The smallest absolute Gasteiger partial charge is 0.180 e. The molecule has 1 rings (SSSR count). The van der Waals surface area contributed by atoms with E-state index < -0.39 is 5.79 Å². The Bertz CT molecular complexity index is 294. The molecule has 1 aromatic rings. The highest BCUT2D eigenvalue weighted by molar-refractivity contribution is 5.64. The van der Waals surface area contributed by atoms with Crippen molar-refractivity contribution in [3.8, 4) is 0 Å². The summed E-state index contributed by atoms with van der Waals surface area (Å²) in [6.45, 7) is 3.18. The molecule has 0 unspecified atom stereocenters. The number of benzene rings is 1. The Balaban J connectivity index is 2.92. The van der Waals surface area contributed by atoms with Crippen molar-refractivity contribution in [2.75, 3.05) is 0 Å². The molecule has 0 amide bonds. The second kappa shape index (κ2) is 3.73. The van der Waals surface area contributed by atoms with Gasteiger partial charge in [0.05, 0.1) is 0 Å². The van der Waals surface area contributed by atoms with Crippen molar-refractivity contribution in [1.82, 2.24) is 0 Å². The van der Waals surface area contributed by atoms with E-state index in [9.17, 15) is 0 Å². The second-order valence-electron chi connectivity index (χ2n) is 3.29. The maximum absolute atomic E-state index is 9.13. The summed E-state index contributed by atoms with van der Waals surface area (Å²) in [7, 11) is 0. The molecule has 0 bridgehead atoms. The monoisotopic (exact) mass is 178 g/mol. The van der Waals surface area contributed by atoms with Gasteiger partial charge in [0, 0.05) is 0 Å². The van der Waals surface area contributed by atoms with Gasteiger partial charge in [-0.2, -0.15) is 0 Å². The van der Waals surface area contributed by atoms with Crippen LogP contribution in [0, 0.1) is 0 Å². The predicted molar refractivity (Wildman–Crippen MR) is 52.9 cm³/mol. The zero-order valence-corrected chi connectivity index (χ0v) is 7.86. The molecule has 0 radical (unpaired) electrons. The van der Waals surface area contributed by atoms with E-state index in [1.807, 2.05) is 37.3 Å². The first kappa shape index (κ1) is 9.96. The topological polar surface area (TPSA) is 40.5 Å². The molecular weight excluding hydrogens is 164 g/mol. The molecule has 0 saturated carbocycles. The minimum Gasteiger partial charge on any atom is -0.363 e. The normalized spacial score (nSPS) is 13.1. The van der Waals surface area contributed by atoms with Crippen molar-refractivity contribution in [3.63, 3.8) is 0 Å². The Morgan fingerprint density at radius 2 is 1.77 bits per heavy atom. The molecule has 2 heteroatoms. The van der Waals surface area contributed by atoms with Crippen molar-refractivity contribution in [3.05, 3.63) is 42.0 Å². The van der Waals surface area contributed by atoms with E-state index in [1.54, 1.807) is 0 Å². The zero-order valence-electron chi connectivity index (χ0n) is 7.86. The van der Waals surface area contributed by atoms with E-state index in [0.717, 1.165) is 11.1 Å². The summed E-state index contributed by atoms with van der Waals surface area (Å²) in [6.07, 6.45) is 1.42. The summed E-state index contributed by atoms with van der Waals surface area (Å²) in [5.41, 5.74) is 1.85. The van der Waals surface area contributed by atoms with Gasteiger partial charge in [-0.25, -0.2) is 0 Å². The lowest BCUT2D eigenvalue weighted by Crippen LogP contribution is -2.19. The van der Waals surface area contributed by atoms with Gasteiger partial charge in [0.25, 0.3) is 0 Å². The minimum atomic E-state index is -1.74. The highest BCUT2D eigenvalue weighted by Crippen LogP contribution is 2.16. The van der Waals surface area contributed by atoms with Crippen molar-refractivity contribution >= 4 is 5.57 Å². The standard InChI is InChI=1S/C11H14O2/c1-9(8-11(2,12)13)10-6-4-3-5-7-10/h3-8,12-13H,1-2H3. The maximum Gasteiger partial charge on any atom is 0.180 e. The SMILES string of the molecule is CC(=CC(C)(O)O)c1ccccc1. The molecule has 2 N–H and O–H groups in total. The molecule has 0 aromatic heterocycles. The van der Waals surface area contributed by atoms with Gasteiger partial charge in [-0.05, 0) is 31.1 Å². The van der Waals surface area contributed by atoms with Gasteiger partial charge >= 0.3 is 0 Å². The van der Waals surface area contributed by atoms with Crippen molar-refractivity contribution in [2.45, 2.75) is 19.6 Å². The summed E-state index contributed by atoms with van der Waals surface area (Å²) < 4.78 is 0. The molecule has 0 aliphatic heterocycles. The molecule has 0 heterocycles. The summed E-state index contributed by atoms with van der Waals surface area (Å²) in [6, 6.07) is 9.61. The first-order valence-electron chi connectivity index (χ1n) is 4.19. The lowest BCUT2D eigenvalue weighted by Gasteiger charge is -2.12. The van der Waals surface area contributed by atoms with E-state index in [0.29, 0.717) is 0 Å². The summed E-state index contributed by atoms with van der Waals surface area (Å²) in [5, 5.41) is 18.3. The number of aliphatic hydroxyl groups is 2. The van der Waals surface area contributed by atoms with Crippen LogP contribution in [0.5, 0.6) is 0 Å². The summed E-state index contributed by atoms with van der Waals surface area (Å²) >= 11 is 0. The number of rotatable bonds is 2. The molecule has 2 nitrogen and oxygen atoms in total. The van der Waals surface area contributed by atoms with Crippen molar-refractivity contribution in [2.24, 2.45) is 0 Å². The number of allylic oxidation sites excluding steroid dienone is 1. The van der Waals surface area contributed by atoms with Gasteiger partial charge in [-0.1, -0.05) is 30.3 Å². The fourth-order valence-electron chi connectivity index (χ4n) is 1.19. The largest absolute Gasteiger partial charge is 0.363 e. The molecule has 0 saturated heterocycles. The lowest BCUT2D eigenvalue weighted by atomic mass is 10.1. The first-order valence-corrected chi connectivity index (χ1v) is 4.19. The highest BCUT2D eigenvalue weighted by Gasteiger charge is 2.10. The molecule has 0 atom stereocenters. The Hall–Kier alpha value is -1.12. The van der Waals surface area contributed by atoms with Crippen LogP contribution in [0.3, 0.4) is 0 Å². The lowest BCUT2D eigenvalue weighted by molar-refractivity contribution is -0.100. The van der Waals surface area contributed by atoms with Gasteiger partial charge in [0.15, 0.2) is 5.79 Å². The number of hydrogen-bond donors (Lipinski definition) is 2. The van der Waals surface area contributed by atoms with E-state index in [-0.39, 0.29) is 0 Å². The third-order valence-electron chi connectivity index (χ3n) is 1.72. The van der Waals surface area contributed by atoms with Crippen LogP contribution in [0.2, 0.25) is 0 Å². The Labute approximate surface area is 78.2 Å². The minimum absolute atomic E-state index is 0.855. The van der Waals surface area contributed by atoms with Gasteiger partial charge < -0.3 is 10.2 Å². The predicted octanol–water partition coefficient (Wildman–Crippen LogP) is 1.79. The number of hydrogen-bond acceptors (Lipinski definition) is 2. The molecule has 0 aliphatic carbocycles. The molecule has 0 aliphatic rings. The van der Waals surface area contributed by atoms with Crippen LogP contribution in [0.25, 0.3) is 5.57 Å². The van der Waals surface area contributed by atoms with Gasteiger partial charge in [-0.15, -0.1) is 0 Å². The second-order valence-corrected chi connectivity index (χ2v) is 3.29. The third-order valence-corrected chi connectivity index (χ3v) is 1.72. The van der Waals surface area contributed by atoms with E-state index in [2.05, 4.69) is 0 Å². The van der Waals surface area contributed by atoms with Crippen LogP contribution in [0.1, 0.15) is 19.4 Å². The third kappa shape index (κ3) is 3.40. The van der Waals surface area contributed by atoms with Gasteiger partial charge in [0.1, 0.15) is 0 Å². The van der Waals surface area contributed by atoms with Gasteiger partial charge in [0.2, 0.25) is 0 Å². The van der Waals surface area contributed by atoms with Crippen LogP contribution in [0.15, 0.2) is 36.4 Å². The Morgan fingerprint density at radius 3 is 2.23 bits per heavy atom. The fraction of sp³-hybridized carbons (Fsp3) is 0.273. The van der Waals surface area contributed by atoms with Crippen LogP contribution in [0.4, 0.5) is 0 Å². The van der Waals surface area contributed by atoms with Crippen molar-refractivity contribution < 1.29 is 10.2 Å². The molecule has 13 heavy (non-hydrogen) atoms.